The quantitative estimate of drug-likeness (QED) is 0.576. The molecule has 1 saturated heterocycles. The van der Waals surface area contributed by atoms with Crippen LogP contribution in [0.15, 0.2) is 60.7 Å². The minimum atomic E-state index is -0.714. The predicted octanol–water partition coefficient (Wildman–Crippen LogP) is 3.93. The first-order valence-corrected chi connectivity index (χ1v) is 11.1. The number of benzene rings is 3. The summed E-state index contributed by atoms with van der Waals surface area (Å²) in [6, 6.07) is 19.5. The Balaban J connectivity index is 1.52. The Morgan fingerprint density at radius 3 is 2.53 bits per heavy atom. The Labute approximate surface area is 192 Å². The first kappa shape index (κ1) is 22.3. The van der Waals surface area contributed by atoms with Crippen molar-refractivity contribution in [2.45, 2.75) is 13.0 Å². The van der Waals surface area contributed by atoms with Crippen molar-refractivity contribution < 1.29 is 14.3 Å². The van der Waals surface area contributed by atoms with Gasteiger partial charge in [-0.2, -0.15) is 0 Å². The number of ether oxygens (including phenoxy) is 1. The number of hydrogen-bond acceptors (Lipinski definition) is 4. The van der Waals surface area contributed by atoms with Crippen molar-refractivity contribution in [2.75, 3.05) is 38.2 Å². The molecule has 2 amide bonds. The summed E-state index contributed by atoms with van der Waals surface area (Å²) in [6.07, 6.45) is 0. The van der Waals surface area contributed by atoms with E-state index in [0.717, 1.165) is 35.0 Å². The van der Waals surface area contributed by atoms with Crippen LogP contribution in [0.3, 0.4) is 0 Å². The third-order valence-electron chi connectivity index (χ3n) is 5.85. The lowest BCUT2D eigenvalue weighted by Crippen LogP contribution is -2.45. The van der Waals surface area contributed by atoms with Crippen LogP contribution in [0.4, 0.5) is 5.69 Å². The zero-order chi connectivity index (χ0) is 22.5. The summed E-state index contributed by atoms with van der Waals surface area (Å²) >= 11 is 6.11. The topological polar surface area (TPSA) is 70.7 Å². The molecule has 0 radical (unpaired) electrons. The Morgan fingerprint density at radius 1 is 1.00 bits per heavy atom. The van der Waals surface area contributed by atoms with E-state index in [4.69, 9.17) is 16.3 Å². The molecule has 0 bridgehead atoms. The molecule has 1 heterocycles. The number of nitrogens with one attached hydrogen (secondary N) is 2. The van der Waals surface area contributed by atoms with E-state index >= 15 is 0 Å². The van der Waals surface area contributed by atoms with E-state index in [0.29, 0.717) is 30.5 Å². The molecule has 4 rings (SSSR count). The summed E-state index contributed by atoms with van der Waals surface area (Å²) in [6.45, 7) is 4.92. The molecule has 0 unspecified atom stereocenters. The zero-order valence-corrected chi connectivity index (χ0v) is 18.7. The van der Waals surface area contributed by atoms with Crippen molar-refractivity contribution in [3.63, 3.8) is 0 Å². The van der Waals surface area contributed by atoms with Gasteiger partial charge in [-0.05, 0) is 41.0 Å². The first-order valence-electron chi connectivity index (χ1n) is 10.7. The van der Waals surface area contributed by atoms with Crippen molar-refractivity contribution in [3.05, 3.63) is 76.8 Å². The van der Waals surface area contributed by atoms with Gasteiger partial charge in [-0.3, -0.25) is 14.5 Å². The Hall–Kier alpha value is -2.93. The number of fused-ring (bicyclic) bond motifs is 1. The van der Waals surface area contributed by atoms with Gasteiger partial charge in [0, 0.05) is 30.3 Å². The molecule has 1 aliphatic heterocycles. The molecule has 1 fully saturated rings. The van der Waals surface area contributed by atoms with E-state index in [1.54, 1.807) is 25.1 Å². The van der Waals surface area contributed by atoms with Gasteiger partial charge >= 0.3 is 11.8 Å². The number of morpholine rings is 1. The molecule has 2 N–H and O–H groups in total. The van der Waals surface area contributed by atoms with Crippen molar-refractivity contribution in [1.29, 1.82) is 0 Å². The molecule has 0 aromatic heterocycles. The van der Waals surface area contributed by atoms with Gasteiger partial charge in [0.25, 0.3) is 0 Å². The number of nitrogens with zero attached hydrogens (tertiary/aromatic N) is 1. The van der Waals surface area contributed by atoms with Crippen LogP contribution in [0.5, 0.6) is 0 Å². The molecule has 1 atom stereocenters. The molecule has 7 heteroatoms. The lowest BCUT2D eigenvalue weighted by atomic mass is 9.97. The summed E-state index contributed by atoms with van der Waals surface area (Å²) < 4.78 is 5.52. The van der Waals surface area contributed by atoms with Gasteiger partial charge < -0.3 is 15.4 Å². The number of carbonyl (C=O) groups excluding carboxylic acids is 2. The van der Waals surface area contributed by atoms with Gasteiger partial charge in [-0.25, -0.2) is 0 Å². The van der Waals surface area contributed by atoms with E-state index in [-0.39, 0.29) is 6.04 Å². The molecule has 6 nitrogen and oxygen atoms in total. The standard InChI is InChI=1S/C25H26ClN3O3/c1-17-21(26)10-5-11-22(17)28-25(31)24(30)27-16-23(29-12-14-32-15-13-29)20-9-4-7-18-6-2-3-8-19(18)20/h2-11,23H,12-16H2,1H3,(H,27,30)(H,28,31)/t23-/m1/s1. The van der Waals surface area contributed by atoms with Gasteiger partial charge in [0.1, 0.15) is 0 Å². The van der Waals surface area contributed by atoms with Crippen LogP contribution in [0, 0.1) is 6.92 Å². The highest BCUT2D eigenvalue weighted by atomic mass is 35.5. The molecule has 166 valence electrons. The Bertz CT molecular complexity index is 1120. The van der Waals surface area contributed by atoms with Gasteiger partial charge in [-0.15, -0.1) is 0 Å². The molecule has 3 aromatic carbocycles. The van der Waals surface area contributed by atoms with Crippen LogP contribution in [0.1, 0.15) is 17.2 Å². The monoisotopic (exact) mass is 451 g/mol. The fourth-order valence-electron chi connectivity index (χ4n) is 4.06. The maximum atomic E-state index is 12.6. The first-order chi connectivity index (χ1) is 15.5. The van der Waals surface area contributed by atoms with Crippen LogP contribution >= 0.6 is 11.6 Å². The molecule has 32 heavy (non-hydrogen) atoms. The fourth-order valence-corrected chi connectivity index (χ4v) is 4.23. The SMILES string of the molecule is Cc1c(Cl)cccc1NC(=O)C(=O)NC[C@H](c1cccc2ccccc12)N1CCOCC1. The largest absolute Gasteiger partial charge is 0.379 e. The van der Waals surface area contributed by atoms with E-state index in [9.17, 15) is 9.59 Å². The number of rotatable bonds is 5. The summed E-state index contributed by atoms with van der Waals surface area (Å²) in [7, 11) is 0. The van der Waals surface area contributed by atoms with Crippen molar-refractivity contribution >= 4 is 39.9 Å². The summed E-state index contributed by atoms with van der Waals surface area (Å²) in [5.74, 6) is -1.39. The van der Waals surface area contributed by atoms with Crippen molar-refractivity contribution in [3.8, 4) is 0 Å². The zero-order valence-electron chi connectivity index (χ0n) is 17.9. The van der Waals surface area contributed by atoms with E-state index in [2.05, 4.69) is 39.8 Å². The maximum Gasteiger partial charge on any atom is 0.313 e. The van der Waals surface area contributed by atoms with Crippen LogP contribution in [-0.2, 0) is 14.3 Å². The minimum Gasteiger partial charge on any atom is -0.379 e. The normalized spacial score (nSPS) is 15.3. The third kappa shape index (κ3) is 4.93. The van der Waals surface area contributed by atoms with Crippen LogP contribution in [-0.4, -0.2) is 49.6 Å². The maximum absolute atomic E-state index is 12.6. The lowest BCUT2D eigenvalue weighted by Gasteiger charge is -2.35. The van der Waals surface area contributed by atoms with E-state index in [1.807, 2.05) is 18.2 Å². The molecule has 0 spiro atoms. The van der Waals surface area contributed by atoms with Crippen LogP contribution < -0.4 is 10.6 Å². The average Bonchev–Trinajstić information content (AvgIpc) is 2.82. The van der Waals surface area contributed by atoms with Gasteiger partial charge in [0.05, 0.1) is 19.3 Å². The number of amides is 2. The summed E-state index contributed by atoms with van der Waals surface area (Å²) in [5, 5.41) is 8.30. The minimum absolute atomic E-state index is 0.0744. The number of anilines is 1. The van der Waals surface area contributed by atoms with E-state index < -0.39 is 11.8 Å². The van der Waals surface area contributed by atoms with Crippen molar-refractivity contribution in [1.82, 2.24) is 10.2 Å². The molecule has 0 aliphatic carbocycles. The second-order valence-electron chi connectivity index (χ2n) is 7.81. The number of hydrogen-bond donors (Lipinski definition) is 2. The van der Waals surface area contributed by atoms with Crippen LogP contribution in [0.2, 0.25) is 5.02 Å². The van der Waals surface area contributed by atoms with E-state index in [1.165, 1.54) is 0 Å². The molecular formula is C25H26ClN3O3. The number of carbonyl (C=O) groups is 2. The molecule has 1 aliphatic rings. The van der Waals surface area contributed by atoms with Gasteiger partial charge in [0.2, 0.25) is 0 Å². The van der Waals surface area contributed by atoms with Gasteiger partial charge in [-0.1, -0.05) is 60.1 Å². The second-order valence-corrected chi connectivity index (χ2v) is 8.22. The predicted molar refractivity (Wildman–Crippen MR) is 127 cm³/mol. The molecule has 3 aromatic rings. The van der Waals surface area contributed by atoms with Gasteiger partial charge in [0.15, 0.2) is 0 Å². The third-order valence-corrected chi connectivity index (χ3v) is 6.26. The lowest BCUT2D eigenvalue weighted by molar-refractivity contribution is -0.136. The summed E-state index contributed by atoms with van der Waals surface area (Å²) in [5.41, 5.74) is 2.37. The van der Waals surface area contributed by atoms with Crippen LogP contribution in [0.25, 0.3) is 10.8 Å². The Kier molecular flexibility index (Phi) is 7.05. The number of halogens is 1. The fraction of sp³-hybridized carbons (Fsp3) is 0.280. The highest BCUT2D eigenvalue weighted by Crippen LogP contribution is 2.29. The average molecular weight is 452 g/mol. The Morgan fingerprint density at radius 2 is 1.72 bits per heavy atom. The smallest absolute Gasteiger partial charge is 0.313 e. The summed E-state index contributed by atoms with van der Waals surface area (Å²) in [4.78, 5) is 27.4. The molecule has 0 saturated carbocycles. The molecular weight excluding hydrogens is 426 g/mol. The highest BCUT2D eigenvalue weighted by molar-refractivity contribution is 6.40. The van der Waals surface area contributed by atoms with Crippen molar-refractivity contribution in [2.24, 2.45) is 0 Å². The highest BCUT2D eigenvalue weighted by Gasteiger charge is 2.26. The second kappa shape index (κ2) is 10.1.